The molecule has 0 aliphatic carbocycles. The molecule has 5 heteroatoms. The summed E-state index contributed by atoms with van der Waals surface area (Å²) >= 11 is 0. The maximum absolute atomic E-state index is 14.3. The second-order valence-electron chi connectivity index (χ2n) is 15.1. The number of fused-ring (bicyclic) bond motifs is 1. The Morgan fingerprint density at radius 3 is 1.44 bits per heavy atom. The Labute approximate surface area is 294 Å². The standard InChI is InChI=1S/C43H71N3O2/c1-4-6-8-10-12-14-16-18-20-22-24-28-35-43(44,36-29-25-23-21-19-17-15-13-11-9-7-5-2)46-40(47)42(3,45-41(46)48)39-34-30-32-37-31-26-27-33-38(37)39/h26-27,30-34H,4-25,28-29,35-36,44H2,1-3H3,(H,45,48)/t42-/m1/s1. The van der Waals surface area contributed by atoms with E-state index < -0.39 is 11.2 Å². The average molecular weight is 662 g/mol. The van der Waals surface area contributed by atoms with Gasteiger partial charge >= 0.3 is 6.03 Å². The van der Waals surface area contributed by atoms with E-state index in [9.17, 15) is 9.59 Å². The lowest BCUT2D eigenvalue weighted by Crippen LogP contribution is -2.59. The van der Waals surface area contributed by atoms with Gasteiger partial charge in [0.05, 0.1) is 0 Å². The van der Waals surface area contributed by atoms with Crippen molar-refractivity contribution in [2.24, 2.45) is 5.73 Å². The van der Waals surface area contributed by atoms with Gasteiger partial charge in [-0.3, -0.25) is 4.79 Å². The molecule has 2 aromatic carbocycles. The lowest BCUT2D eigenvalue weighted by molar-refractivity contribution is -0.135. The molecular formula is C43H71N3O2. The number of hydrogen-bond donors (Lipinski definition) is 2. The van der Waals surface area contributed by atoms with Crippen LogP contribution >= 0.6 is 0 Å². The largest absolute Gasteiger partial charge is 0.326 e. The third-order valence-electron chi connectivity index (χ3n) is 10.9. The predicted octanol–water partition coefficient (Wildman–Crippen LogP) is 12.4. The van der Waals surface area contributed by atoms with E-state index in [1.54, 1.807) is 0 Å². The molecule has 0 spiro atoms. The van der Waals surface area contributed by atoms with Crippen molar-refractivity contribution in [1.82, 2.24) is 10.2 Å². The maximum Gasteiger partial charge on any atom is 0.326 e. The zero-order chi connectivity index (χ0) is 34.5. The summed E-state index contributed by atoms with van der Waals surface area (Å²) in [5.41, 5.74) is 5.92. The van der Waals surface area contributed by atoms with Gasteiger partial charge in [0.15, 0.2) is 0 Å². The molecule has 1 saturated heterocycles. The Morgan fingerprint density at radius 2 is 0.979 bits per heavy atom. The minimum absolute atomic E-state index is 0.218. The Balaban J connectivity index is 1.54. The van der Waals surface area contributed by atoms with Crippen molar-refractivity contribution in [2.45, 2.75) is 199 Å². The molecule has 5 nitrogen and oxygen atoms in total. The van der Waals surface area contributed by atoms with Crippen molar-refractivity contribution in [1.29, 1.82) is 0 Å². The van der Waals surface area contributed by atoms with Crippen molar-refractivity contribution in [3.63, 3.8) is 0 Å². The van der Waals surface area contributed by atoms with Gasteiger partial charge in [0.2, 0.25) is 0 Å². The molecule has 3 N–H and O–H groups in total. The van der Waals surface area contributed by atoms with Crippen LogP contribution in [0, 0.1) is 0 Å². The molecule has 1 fully saturated rings. The Hall–Kier alpha value is -2.40. The first kappa shape index (κ1) is 40.0. The number of nitrogens with one attached hydrogen (secondary N) is 1. The van der Waals surface area contributed by atoms with Crippen LogP contribution in [0.15, 0.2) is 42.5 Å². The van der Waals surface area contributed by atoms with Crippen molar-refractivity contribution < 1.29 is 9.59 Å². The molecule has 48 heavy (non-hydrogen) atoms. The van der Waals surface area contributed by atoms with Gasteiger partial charge in [-0.1, -0.05) is 198 Å². The fourth-order valence-corrected chi connectivity index (χ4v) is 7.78. The lowest BCUT2D eigenvalue weighted by Gasteiger charge is -2.37. The molecule has 270 valence electrons. The smallest absolute Gasteiger partial charge is 0.319 e. The fraction of sp³-hybridized carbons (Fsp3) is 0.721. The first-order valence-electron chi connectivity index (χ1n) is 20.3. The van der Waals surface area contributed by atoms with Gasteiger partial charge in [-0.05, 0) is 48.9 Å². The summed E-state index contributed by atoms with van der Waals surface area (Å²) in [5, 5.41) is 5.14. The number of amides is 3. The van der Waals surface area contributed by atoms with E-state index in [2.05, 4.69) is 31.3 Å². The summed E-state index contributed by atoms with van der Waals surface area (Å²) in [5.74, 6) is -0.218. The first-order valence-corrected chi connectivity index (χ1v) is 20.3. The molecule has 0 radical (unpaired) electrons. The number of imide groups is 1. The second kappa shape index (κ2) is 22.3. The van der Waals surface area contributed by atoms with Crippen LogP contribution in [0.25, 0.3) is 10.8 Å². The number of carbonyl (C=O) groups is 2. The van der Waals surface area contributed by atoms with E-state index >= 15 is 0 Å². The van der Waals surface area contributed by atoms with Gasteiger partial charge in [-0.15, -0.1) is 0 Å². The molecule has 0 saturated carbocycles. The van der Waals surface area contributed by atoms with Crippen molar-refractivity contribution in [3.05, 3.63) is 48.0 Å². The number of rotatable bonds is 28. The number of benzene rings is 2. The monoisotopic (exact) mass is 662 g/mol. The highest BCUT2D eigenvalue weighted by molar-refractivity contribution is 6.09. The van der Waals surface area contributed by atoms with Crippen molar-refractivity contribution in [2.75, 3.05) is 0 Å². The van der Waals surface area contributed by atoms with E-state index in [4.69, 9.17) is 5.73 Å². The van der Waals surface area contributed by atoms with Gasteiger partial charge in [0, 0.05) is 0 Å². The molecule has 3 amide bonds. The molecule has 0 aromatic heterocycles. The van der Waals surface area contributed by atoms with E-state index in [1.165, 1.54) is 133 Å². The number of unbranched alkanes of at least 4 members (excludes halogenated alkanes) is 22. The number of nitrogens with two attached hydrogens (primary N) is 1. The highest BCUT2D eigenvalue weighted by Crippen LogP contribution is 2.38. The summed E-state index contributed by atoms with van der Waals surface area (Å²) < 4.78 is 0. The minimum atomic E-state index is -1.14. The fourth-order valence-electron chi connectivity index (χ4n) is 7.78. The molecular weight excluding hydrogens is 590 g/mol. The van der Waals surface area contributed by atoms with Gasteiger partial charge < -0.3 is 11.1 Å². The van der Waals surface area contributed by atoms with Crippen molar-refractivity contribution >= 4 is 22.7 Å². The minimum Gasteiger partial charge on any atom is -0.319 e. The summed E-state index contributed by atoms with van der Waals surface area (Å²) in [6.45, 7) is 6.40. The van der Waals surface area contributed by atoms with Crippen LogP contribution in [0.4, 0.5) is 4.79 Å². The molecule has 1 heterocycles. The molecule has 3 rings (SSSR count). The normalized spacial score (nSPS) is 16.7. The average Bonchev–Trinajstić information content (AvgIpc) is 3.33. The Kier molecular flexibility index (Phi) is 18.6. The highest BCUT2D eigenvalue weighted by Gasteiger charge is 2.55. The van der Waals surface area contributed by atoms with Gasteiger partial charge in [0.25, 0.3) is 5.91 Å². The van der Waals surface area contributed by atoms with E-state index in [1.807, 2.05) is 37.3 Å². The van der Waals surface area contributed by atoms with Gasteiger partial charge in [0.1, 0.15) is 11.2 Å². The molecule has 2 aromatic rings. The van der Waals surface area contributed by atoms with Crippen LogP contribution in [-0.2, 0) is 10.3 Å². The highest BCUT2D eigenvalue weighted by atomic mass is 16.2. The summed E-state index contributed by atoms with van der Waals surface area (Å²) in [6.07, 6.45) is 31.9. The Bertz CT molecular complexity index is 1160. The second-order valence-corrected chi connectivity index (χ2v) is 15.1. The molecule has 1 aliphatic rings. The maximum atomic E-state index is 14.3. The number of urea groups is 1. The van der Waals surface area contributed by atoms with Crippen LogP contribution in [0.5, 0.6) is 0 Å². The number of carbonyl (C=O) groups excluding carboxylic acids is 2. The van der Waals surface area contributed by atoms with Crippen LogP contribution in [0.1, 0.15) is 193 Å². The van der Waals surface area contributed by atoms with Crippen LogP contribution in [-0.4, -0.2) is 22.5 Å². The summed E-state index contributed by atoms with van der Waals surface area (Å²) in [4.78, 5) is 29.5. The SMILES string of the molecule is CCCCCCCCCCCCCCC(N)(CCCCCCCCCCCCCC)N1C(=O)N[C@](C)(c2cccc3ccccc23)C1=O. The topological polar surface area (TPSA) is 75.4 Å². The van der Waals surface area contributed by atoms with Gasteiger partial charge in [-0.25, -0.2) is 9.69 Å². The molecule has 1 atom stereocenters. The third-order valence-corrected chi connectivity index (χ3v) is 10.9. The zero-order valence-corrected chi connectivity index (χ0v) is 31.3. The molecule has 1 aliphatic heterocycles. The van der Waals surface area contributed by atoms with E-state index in [0.29, 0.717) is 12.8 Å². The lowest BCUT2D eigenvalue weighted by atomic mass is 9.86. The number of nitrogens with zero attached hydrogens (tertiary/aromatic N) is 1. The van der Waals surface area contributed by atoms with Crippen molar-refractivity contribution in [3.8, 4) is 0 Å². The van der Waals surface area contributed by atoms with Crippen LogP contribution in [0.2, 0.25) is 0 Å². The Morgan fingerprint density at radius 1 is 0.583 bits per heavy atom. The van der Waals surface area contributed by atoms with E-state index in [0.717, 1.165) is 42.0 Å². The molecule has 0 unspecified atom stereocenters. The summed E-state index contributed by atoms with van der Waals surface area (Å²) in [6, 6.07) is 13.7. The summed E-state index contributed by atoms with van der Waals surface area (Å²) in [7, 11) is 0. The first-order chi connectivity index (χ1) is 23.4. The number of hydrogen-bond acceptors (Lipinski definition) is 3. The third kappa shape index (κ3) is 12.5. The van der Waals surface area contributed by atoms with Gasteiger partial charge in [-0.2, -0.15) is 0 Å². The predicted molar refractivity (Wildman–Crippen MR) is 205 cm³/mol. The quantitative estimate of drug-likeness (QED) is 0.0704. The molecule has 0 bridgehead atoms. The van der Waals surface area contributed by atoms with Crippen LogP contribution in [0.3, 0.4) is 0 Å². The zero-order valence-electron chi connectivity index (χ0n) is 31.3. The van der Waals surface area contributed by atoms with E-state index in [-0.39, 0.29) is 11.9 Å². The van der Waals surface area contributed by atoms with Crippen LogP contribution < -0.4 is 11.1 Å².